The Balaban J connectivity index is 1.74. The average molecular weight is 385 g/mol. The fourth-order valence-corrected chi connectivity index (χ4v) is 3.21. The standard InChI is InChI=1S/C20H27N5O3/c1-24(2)8-6-21-20(26)16-11-19(23-13-22-16)25-7-5-14-9-17(27-3)18(28-4)10-15(14)12-25/h9-11,13H,5-8,12H2,1-4H3,(H,21,26). The van der Waals surface area contributed by atoms with Crippen LogP contribution in [-0.4, -0.2) is 68.7 Å². The zero-order valence-corrected chi connectivity index (χ0v) is 16.9. The minimum Gasteiger partial charge on any atom is -0.493 e. The van der Waals surface area contributed by atoms with E-state index < -0.39 is 0 Å². The molecule has 0 atom stereocenters. The molecule has 1 aliphatic rings. The maximum absolute atomic E-state index is 12.3. The summed E-state index contributed by atoms with van der Waals surface area (Å²) in [6.07, 6.45) is 2.31. The summed E-state index contributed by atoms with van der Waals surface area (Å²) >= 11 is 0. The zero-order chi connectivity index (χ0) is 20.1. The van der Waals surface area contributed by atoms with Gasteiger partial charge >= 0.3 is 0 Å². The van der Waals surface area contributed by atoms with Gasteiger partial charge in [-0.3, -0.25) is 4.79 Å². The third-order valence-corrected chi connectivity index (χ3v) is 4.77. The highest BCUT2D eigenvalue weighted by Crippen LogP contribution is 2.34. The highest BCUT2D eigenvalue weighted by molar-refractivity contribution is 5.92. The minimum absolute atomic E-state index is 0.186. The van der Waals surface area contributed by atoms with Crippen molar-refractivity contribution in [2.45, 2.75) is 13.0 Å². The lowest BCUT2D eigenvalue weighted by atomic mass is 9.99. The van der Waals surface area contributed by atoms with Crippen LogP contribution in [0.1, 0.15) is 21.6 Å². The predicted molar refractivity (Wildman–Crippen MR) is 107 cm³/mol. The van der Waals surface area contributed by atoms with Gasteiger partial charge in [0, 0.05) is 32.2 Å². The van der Waals surface area contributed by atoms with Crippen LogP contribution in [-0.2, 0) is 13.0 Å². The normalized spacial score (nSPS) is 13.2. The molecule has 2 aromatic rings. The van der Waals surface area contributed by atoms with Crippen molar-refractivity contribution in [3.05, 3.63) is 41.3 Å². The molecule has 0 spiro atoms. The number of carbonyl (C=O) groups is 1. The molecule has 1 N–H and O–H groups in total. The lowest BCUT2D eigenvalue weighted by molar-refractivity contribution is 0.0946. The largest absolute Gasteiger partial charge is 0.493 e. The molecule has 3 rings (SSSR count). The number of fused-ring (bicyclic) bond motifs is 1. The third kappa shape index (κ3) is 4.51. The van der Waals surface area contributed by atoms with Crippen molar-refractivity contribution in [1.29, 1.82) is 0 Å². The SMILES string of the molecule is COc1cc2c(cc1OC)CN(c1cc(C(=O)NCCN(C)C)ncn1)CC2. The first-order valence-electron chi connectivity index (χ1n) is 9.25. The molecule has 1 aliphatic heterocycles. The van der Waals surface area contributed by atoms with Gasteiger partial charge in [0.05, 0.1) is 14.2 Å². The number of ether oxygens (including phenoxy) is 2. The highest BCUT2D eigenvalue weighted by atomic mass is 16.5. The smallest absolute Gasteiger partial charge is 0.270 e. The van der Waals surface area contributed by atoms with E-state index in [0.717, 1.165) is 31.1 Å². The van der Waals surface area contributed by atoms with E-state index in [-0.39, 0.29) is 5.91 Å². The first-order valence-corrected chi connectivity index (χ1v) is 9.25. The topological polar surface area (TPSA) is 79.8 Å². The predicted octanol–water partition coefficient (Wildman–Crippen LogP) is 1.35. The van der Waals surface area contributed by atoms with Crippen LogP contribution < -0.4 is 19.7 Å². The molecule has 0 unspecified atom stereocenters. The molecule has 1 amide bonds. The van der Waals surface area contributed by atoms with Crippen LogP contribution in [0.15, 0.2) is 24.5 Å². The Morgan fingerprint density at radius 2 is 1.86 bits per heavy atom. The van der Waals surface area contributed by atoms with E-state index in [1.54, 1.807) is 20.3 Å². The molecule has 8 nitrogen and oxygen atoms in total. The van der Waals surface area contributed by atoms with Gasteiger partial charge in [-0.25, -0.2) is 9.97 Å². The van der Waals surface area contributed by atoms with Crippen LogP contribution in [0.2, 0.25) is 0 Å². The number of aromatic nitrogens is 2. The van der Waals surface area contributed by atoms with Gasteiger partial charge in [0.25, 0.3) is 5.91 Å². The monoisotopic (exact) mass is 385 g/mol. The Kier molecular flexibility index (Phi) is 6.30. The van der Waals surface area contributed by atoms with Gasteiger partial charge in [0.15, 0.2) is 11.5 Å². The first-order chi connectivity index (χ1) is 13.5. The fourth-order valence-electron chi connectivity index (χ4n) is 3.21. The molecule has 0 aliphatic carbocycles. The summed E-state index contributed by atoms with van der Waals surface area (Å²) < 4.78 is 10.8. The van der Waals surface area contributed by atoms with Crippen molar-refractivity contribution >= 4 is 11.7 Å². The van der Waals surface area contributed by atoms with Crippen molar-refractivity contribution in [2.75, 3.05) is 52.8 Å². The Morgan fingerprint density at radius 3 is 2.54 bits per heavy atom. The van der Waals surface area contributed by atoms with Crippen LogP contribution in [0, 0.1) is 0 Å². The van der Waals surface area contributed by atoms with E-state index in [0.29, 0.717) is 24.5 Å². The van der Waals surface area contributed by atoms with E-state index in [4.69, 9.17) is 9.47 Å². The van der Waals surface area contributed by atoms with Crippen molar-refractivity contribution in [1.82, 2.24) is 20.2 Å². The highest BCUT2D eigenvalue weighted by Gasteiger charge is 2.21. The second kappa shape index (κ2) is 8.88. The quantitative estimate of drug-likeness (QED) is 0.771. The molecule has 0 bridgehead atoms. The van der Waals surface area contributed by atoms with Gasteiger partial charge in [-0.15, -0.1) is 0 Å². The van der Waals surface area contributed by atoms with Gasteiger partial charge in [0.2, 0.25) is 0 Å². The Labute approximate surface area is 165 Å². The molecular formula is C20H27N5O3. The number of hydrogen-bond donors (Lipinski definition) is 1. The maximum Gasteiger partial charge on any atom is 0.270 e. The number of benzene rings is 1. The van der Waals surface area contributed by atoms with Gasteiger partial charge < -0.3 is 24.6 Å². The molecule has 0 saturated carbocycles. The van der Waals surface area contributed by atoms with Gasteiger partial charge in [0.1, 0.15) is 17.8 Å². The number of rotatable bonds is 7. The van der Waals surface area contributed by atoms with Gasteiger partial charge in [-0.2, -0.15) is 0 Å². The van der Waals surface area contributed by atoms with Crippen molar-refractivity contribution in [3.63, 3.8) is 0 Å². The molecule has 8 heteroatoms. The number of likely N-dealkylation sites (N-methyl/N-ethyl adjacent to an activating group) is 1. The number of nitrogens with one attached hydrogen (secondary N) is 1. The molecule has 0 saturated heterocycles. The van der Waals surface area contributed by atoms with Gasteiger partial charge in [-0.05, 0) is 43.8 Å². The van der Waals surface area contributed by atoms with Crippen molar-refractivity contribution < 1.29 is 14.3 Å². The lowest BCUT2D eigenvalue weighted by Crippen LogP contribution is -2.33. The van der Waals surface area contributed by atoms with E-state index >= 15 is 0 Å². The second-order valence-corrected chi connectivity index (χ2v) is 6.97. The van der Waals surface area contributed by atoms with Crippen molar-refractivity contribution in [3.8, 4) is 11.5 Å². The van der Waals surface area contributed by atoms with E-state index in [1.165, 1.54) is 17.5 Å². The molecule has 28 heavy (non-hydrogen) atoms. The summed E-state index contributed by atoms with van der Waals surface area (Å²) in [6, 6.07) is 5.79. The minimum atomic E-state index is -0.186. The number of hydrogen-bond acceptors (Lipinski definition) is 7. The summed E-state index contributed by atoms with van der Waals surface area (Å²) in [6.45, 7) is 2.84. The Hall–Kier alpha value is -2.87. The van der Waals surface area contributed by atoms with Crippen LogP contribution >= 0.6 is 0 Å². The molecule has 1 aromatic heterocycles. The summed E-state index contributed by atoms with van der Waals surface area (Å²) in [5.74, 6) is 2.02. The van der Waals surface area contributed by atoms with Gasteiger partial charge in [-0.1, -0.05) is 0 Å². The second-order valence-electron chi connectivity index (χ2n) is 6.97. The molecule has 150 valence electrons. The molecule has 2 heterocycles. The third-order valence-electron chi connectivity index (χ3n) is 4.77. The lowest BCUT2D eigenvalue weighted by Gasteiger charge is -2.30. The zero-order valence-electron chi connectivity index (χ0n) is 16.9. The first kappa shape index (κ1) is 19.9. The summed E-state index contributed by atoms with van der Waals surface area (Å²) in [7, 11) is 7.21. The number of nitrogens with zero attached hydrogens (tertiary/aromatic N) is 4. The number of amides is 1. The molecular weight excluding hydrogens is 358 g/mol. The van der Waals surface area contributed by atoms with E-state index in [2.05, 4.69) is 20.2 Å². The summed E-state index contributed by atoms with van der Waals surface area (Å²) in [5.41, 5.74) is 2.78. The maximum atomic E-state index is 12.3. The number of carbonyl (C=O) groups excluding carboxylic acids is 1. The average Bonchev–Trinajstić information content (AvgIpc) is 2.72. The Morgan fingerprint density at radius 1 is 1.14 bits per heavy atom. The summed E-state index contributed by atoms with van der Waals surface area (Å²) in [5, 5.41) is 2.88. The number of anilines is 1. The number of methoxy groups -OCH3 is 2. The fraction of sp³-hybridized carbons (Fsp3) is 0.450. The van der Waals surface area contributed by atoms with E-state index in [9.17, 15) is 4.79 Å². The van der Waals surface area contributed by atoms with Crippen LogP contribution in [0.25, 0.3) is 0 Å². The molecule has 0 radical (unpaired) electrons. The summed E-state index contributed by atoms with van der Waals surface area (Å²) in [4.78, 5) is 25.0. The van der Waals surface area contributed by atoms with Crippen LogP contribution in [0.3, 0.4) is 0 Å². The Bertz CT molecular complexity index is 841. The van der Waals surface area contributed by atoms with Crippen LogP contribution in [0.5, 0.6) is 11.5 Å². The van der Waals surface area contributed by atoms with Crippen LogP contribution in [0.4, 0.5) is 5.82 Å². The molecule has 0 fully saturated rings. The molecule has 1 aromatic carbocycles. The van der Waals surface area contributed by atoms with Crippen molar-refractivity contribution in [2.24, 2.45) is 0 Å². The van der Waals surface area contributed by atoms with E-state index in [1.807, 2.05) is 31.1 Å².